The van der Waals surface area contributed by atoms with Crippen molar-refractivity contribution < 1.29 is 31.8 Å². The van der Waals surface area contributed by atoms with E-state index in [1.807, 2.05) is 0 Å². The minimum atomic E-state index is -2.98. The van der Waals surface area contributed by atoms with Gasteiger partial charge in [-0.15, -0.1) is 0 Å². The number of hydrogen-bond donors (Lipinski definition) is 0. The molecule has 3 rings (SSSR count). The number of nitrogens with zero attached hydrogens (tertiary/aromatic N) is 1. The van der Waals surface area contributed by atoms with Gasteiger partial charge in [-0.05, 0) is 30.3 Å². The molecule has 1 aliphatic rings. The lowest BCUT2D eigenvalue weighted by atomic mass is 10.2. The molecule has 1 unspecified atom stereocenters. The molecule has 0 saturated heterocycles. The summed E-state index contributed by atoms with van der Waals surface area (Å²) in [6.07, 6.45) is 0.365. The standard InChI is InChI=1S/C18H14BrF4NO3/c19-10-4-5-14(15(8-10)27-18(22)23)25-7-6-11-9-26-17(24-11)16-12(20)2-1-3-13(16)21/h1-5,8,11,18H,6-7,9H2. The van der Waals surface area contributed by atoms with Gasteiger partial charge in [0.25, 0.3) is 0 Å². The summed E-state index contributed by atoms with van der Waals surface area (Å²) in [5.41, 5.74) is -0.304. The van der Waals surface area contributed by atoms with E-state index in [1.54, 1.807) is 6.07 Å². The Hall–Kier alpha value is -2.29. The van der Waals surface area contributed by atoms with Crippen LogP contribution in [0.25, 0.3) is 0 Å². The molecule has 9 heteroatoms. The molecule has 0 radical (unpaired) electrons. The monoisotopic (exact) mass is 447 g/mol. The van der Waals surface area contributed by atoms with Gasteiger partial charge in [-0.25, -0.2) is 13.8 Å². The number of aliphatic imine (C=N–C) groups is 1. The van der Waals surface area contributed by atoms with Gasteiger partial charge in [-0.3, -0.25) is 0 Å². The van der Waals surface area contributed by atoms with Crippen molar-refractivity contribution in [1.82, 2.24) is 0 Å². The first-order chi connectivity index (χ1) is 12.9. The third-order valence-electron chi connectivity index (χ3n) is 3.72. The average molecular weight is 448 g/mol. The molecule has 0 bridgehead atoms. The van der Waals surface area contributed by atoms with Crippen LogP contribution in [0.4, 0.5) is 17.6 Å². The maximum atomic E-state index is 13.8. The van der Waals surface area contributed by atoms with Gasteiger partial charge in [0.05, 0.1) is 12.6 Å². The fraction of sp³-hybridized carbons (Fsp3) is 0.278. The zero-order chi connectivity index (χ0) is 19.4. The molecule has 144 valence electrons. The quantitative estimate of drug-likeness (QED) is 0.564. The molecule has 4 nitrogen and oxygen atoms in total. The van der Waals surface area contributed by atoms with Crippen LogP contribution in [-0.4, -0.2) is 31.8 Å². The maximum absolute atomic E-state index is 13.8. The van der Waals surface area contributed by atoms with Crippen molar-refractivity contribution in [3.05, 3.63) is 58.1 Å². The minimum absolute atomic E-state index is 0.0963. The Morgan fingerprint density at radius 3 is 2.59 bits per heavy atom. The fourth-order valence-electron chi connectivity index (χ4n) is 2.50. The molecule has 27 heavy (non-hydrogen) atoms. The van der Waals surface area contributed by atoms with Crippen molar-refractivity contribution in [3.63, 3.8) is 0 Å². The topological polar surface area (TPSA) is 40.0 Å². The van der Waals surface area contributed by atoms with Gasteiger partial charge in [-0.1, -0.05) is 22.0 Å². The Morgan fingerprint density at radius 2 is 1.89 bits per heavy atom. The number of benzene rings is 2. The maximum Gasteiger partial charge on any atom is 0.387 e. The molecule has 1 heterocycles. The first-order valence-electron chi connectivity index (χ1n) is 7.96. The van der Waals surface area contributed by atoms with Crippen LogP contribution in [0.2, 0.25) is 0 Å². The Kier molecular flexibility index (Phi) is 6.20. The van der Waals surface area contributed by atoms with E-state index < -0.39 is 18.2 Å². The van der Waals surface area contributed by atoms with Crippen LogP contribution in [0, 0.1) is 11.6 Å². The summed E-state index contributed by atoms with van der Waals surface area (Å²) in [5, 5.41) is 0. The number of rotatable bonds is 7. The molecule has 0 aliphatic carbocycles. The zero-order valence-corrected chi connectivity index (χ0v) is 15.4. The average Bonchev–Trinajstić information content (AvgIpc) is 3.04. The SMILES string of the molecule is Fc1cccc(F)c1C1=NC(CCOc2ccc(Br)cc2OC(F)F)CO1. The highest BCUT2D eigenvalue weighted by Crippen LogP contribution is 2.32. The summed E-state index contributed by atoms with van der Waals surface area (Å²) in [7, 11) is 0. The summed E-state index contributed by atoms with van der Waals surface area (Å²) in [6, 6.07) is 7.63. The van der Waals surface area contributed by atoms with E-state index in [4.69, 9.17) is 9.47 Å². The van der Waals surface area contributed by atoms with Crippen molar-refractivity contribution in [3.8, 4) is 11.5 Å². The molecule has 0 aromatic heterocycles. The largest absolute Gasteiger partial charge is 0.490 e. The number of alkyl halides is 2. The number of ether oxygens (including phenoxy) is 3. The van der Waals surface area contributed by atoms with Gasteiger partial charge in [0.15, 0.2) is 11.5 Å². The van der Waals surface area contributed by atoms with Gasteiger partial charge in [0, 0.05) is 10.9 Å². The lowest BCUT2D eigenvalue weighted by molar-refractivity contribution is -0.0515. The molecule has 1 atom stereocenters. The third kappa shape index (κ3) is 4.91. The second-order valence-electron chi connectivity index (χ2n) is 5.60. The Morgan fingerprint density at radius 1 is 1.15 bits per heavy atom. The van der Waals surface area contributed by atoms with E-state index in [2.05, 4.69) is 25.7 Å². The summed E-state index contributed by atoms with van der Waals surface area (Å²) in [6.45, 7) is -2.70. The highest BCUT2D eigenvalue weighted by atomic mass is 79.9. The lowest BCUT2D eigenvalue weighted by Gasteiger charge is -2.13. The van der Waals surface area contributed by atoms with E-state index in [9.17, 15) is 17.6 Å². The van der Waals surface area contributed by atoms with Crippen molar-refractivity contribution in [2.75, 3.05) is 13.2 Å². The predicted molar refractivity (Wildman–Crippen MR) is 93.5 cm³/mol. The summed E-state index contributed by atoms with van der Waals surface area (Å²) >= 11 is 3.17. The smallest absolute Gasteiger partial charge is 0.387 e. The second kappa shape index (κ2) is 8.60. The molecule has 1 aliphatic heterocycles. The van der Waals surface area contributed by atoms with Gasteiger partial charge in [-0.2, -0.15) is 8.78 Å². The molecular formula is C18H14BrF4NO3. The van der Waals surface area contributed by atoms with E-state index >= 15 is 0 Å². The predicted octanol–water partition coefficient (Wildman–Crippen LogP) is 4.94. The van der Waals surface area contributed by atoms with Crippen LogP contribution < -0.4 is 9.47 Å². The molecule has 0 spiro atoms. The van der Waals surface area contributed by atoms with Crippen LogP contribution in [0.1, 0.15) is 12.0 Å². The lowest BCUT2D eigenvalue weighted by Crippen LogP contribution is -2.12. The molecule has 0 amide bonds. The summed E-state index contributed by atoms with van der Waals surface area (Å²) < 4.78 is 68.3. The molecule has 0 fully saturated rings. The van der Waals surface area contributed by atoms with Crippen molar-refractivity contribution in [2.24, 2.45) is 4.99 Å². The van der Waals surface area contributed by atoms with Crippen LogP contribution in [0.5, 0.6) is 11.5 Å². The number of hydrogen-bond acceptors (Lipinski definition) is 4. The highest BCUT2D eigenvalue weighted by Gasteiger charge is 2.25. The minimum Gasteiger partial charge on any atom is -0.490 e. The third-order valence-corrected chi connectivity index (χ3v) is 4.21. The van der Waals surface area contributed by atoms with E-state index in [0.29, 0.717) is 10.9 Å². The number of halogens is 5. The Bertz CT molecular complexity index is 827. The van der Waals surface area contributed by atoms with Crippen LogP contribution in [0.3, 0.4) is 0 Å². The van der Waals surface area contributed by atoms with Crippen LogP contribution in [0.15, 0.2) is 45.9 Å². The first-order valence-corrected chi connectivity index (χ1v) is 8.75. The normalized spacial score (nSPS) is 16.2. The summed E-state index contributed by atoms with van der Waals surface area (Å²) in [5.74, 6) is -1.55. The summed E-state index contributed by atoms with van der Waals surface area (Å²) in [4.78, 5) is 4.17. The van der Waals surface area contributed by atoms with E-state index in [0.717, 1.165) is 12.1 Å². The van der Waals surface area contributed by atoms with E-state index in [-0.39, 0.29) is 42.2 Å². The molecule has 0 saturated carbocycles. The fourth-order valence-corrected chi connectivity index (χ4v) is 2.84. The van der Waals surface area contributed by atoms with Crippen LogP contribution in [-0.2, 0) is 4.74 Å². The molecule has 2 aromatic carbocycles. The van der Waals surface area contributed by atoms with Gasteiger partial charge in [0.2, 0.25) is 5.90 Å². The Balaban J connectivity index is 1.61. The first kappa shape index (κ1) is 19.5. The van der Waals surface area contributed by atoms with Crippen molar-refractivity contribution >= 4 is 21.8 Å². The van der Waals surface area contributed by atoms with Crippen LogP contribution >= 0.6 is 15.9 Å². The molecule has 0 N–H and O–H groups in total. The van der Waals surface area contributed by atoms with Gasteiger partial charge >= 0.3 is 6.61 Å². The second-order valence-corrected chi connectivity index (χ2v) is 6.52. The Labute approximate surface area is 160 Å². The van der Waals surface area contributed by atoms with Gasteiger partial charge in [0.1, 0.15) is 23.8 Å². The van der Waals surface area contributed by atoms with Gasteiger partial charge < -0.3 is 14.2 Å². The highest BCUT2D eigenvalue weighted by molar-refractivity contribution is 9.10. The van der Waals surface area contributed by atoms with Crippen molar-refractivity contribution in [1.29, 1.82) is 0 Å². The van der Waals surface area contributed by atoms with E-state index in [1.165, 1.54) is 18.2 Å². The molecule has 2 aromatic rings. The molecular weight excluding hydrogens is 434 g/mol. The zero-order valence-electron chi connectivity index (χ0n) is 13.8. The van der Waals surface area contributed by atoms with Crippen molar-refractivity contribution in [2.45, 2.75) is 19.1 Å².